The molecule has 0 saturated carbocycles. The molecule has 1 aromatic carbocycles. The van der Waals surface area contributed by atoms with Gasteiger partial charge in [0.05, 0.1) is 17.7 Å². The third-order valence-electron chi connectivity index (χ3n) is 2.53. The lowest BCUT2D eigenvalue weighted by Gasteiger charge is -2.10. The first kappa shape index (κ1) is 12.6. The van der Waals surface area contributed by atoms with E-state index in [-0.39, 0.29) is 4.90 Å². The highest BCUT2D eigenvalue weighted by atomic mass is 32.2. The standard InChI is InChI=1S/C13H13NO3S/c1-17-11-7-4-3-6-10(11)13-12(18(2,15)16)8-5-9-14-13/h3-9H,1-2H3. The summed E-state index contributed by atoms with van der Waals surface area (Å²) in [4.78, 5) is 4.37. The largest absolute Gasteiger partial charge is 0.496 e. The van der Waals surface area contributed by atoms with Gasteiger partial charge in [-0.15, -0.1) is 0 Å². The van der Waals surface area contributed by atoms with Crippen LogP contribution in [-0.4, -0.2) is 26.8 Å². The third kappa shape index (κ3) is 2.36. The van der Waals surface area contributed by atoms with E-state index in [1.807, 2.05) is 12.1 Å². The highest BCUT2D eigenvalue weighted by Crippen LogP contribution is 2.32. The number of ether oxygens (including phenoxy) is 1. The molecule has 4 nitrogen and oxygen atoms in total. The van der Waals surface area contributed by atoms with Crippen LogP contribution in [0.5, 0.6) is 5.75 Å². The van der Waals surface area contributed by atoms with E-state index in [1.165, 1.54) is 6.26 Å². The molecule has 0 aliphatic rings. The summed E-state index contributed by atoms with van der Waals surface area (Å²) in [6, 6.07) is 10.4. The SMILES string of the molecule is COc1ccccc1-c1ncccc1S(C)(=O)=O. The molecule has 1 aromatic heterocycles. The zero-order valence-electron chi connectivity index (χ0n) is 10.1. The fraction of sp³-hybridized carbons (Fsp3) is 0.154. The number of hydrogen-bond donors (Lipinski definition) is 0. The number of rotatable bonds is 3. The molecule has 18 heavy (non-hydrogen) atoms. The van der Waals surface area contributed by atoms with Crippen LogP contribution in [0.2, 0.25) is 0 Å². The van der Waals surface area contributed by atoms with Crippen molar-refractivity contribution < 1.29 is 13.2 Å². The highest BCUT2D eigenvalue weighted by molar-refractivity contribution is 7.90. The van der Waals surface area contributed by atoms with Crippen LogP contribution < -0.4 is 4.74 Å². The lowest BCUT2D eigenvalue weighted by molar-refractivity contribution is 0.416. The molecule has 0 radical (unpaired) electrons. The van der Waals surface area contributed by atoms with Gasteiger partial charge in [0, 0.05) is 18.0 Å². The van der Waals surface area contributed by atoms with Gasteiger partial charge in [-0.25, -0.2) is 8.42 Å². The molecule has 0 N–H and O–H groups in total. The summed E-state index contributed by atoms with van der Waals surface area (Å²) < 4.78 is 28.7. The summed E-state index contributed by atoms with van der Waals surface area (Å²) in [5.74, 6) is 0.598. The summed E-state index contributed by atoms with van der Waals surface area (Å²) in [5, 5.41) is 0. The summed E-state index contributed by atoms with van der Waals surface area (Å²) in [6.45, 7) is 0. The van der Waals surface area contributed by atoms with E-state index in [2.05, 4.69) is 4.98 Å². The van der Waals surface area contributed by atoms with Gasteiger partial charge in [0.15, 0.2) is 9.84 Å². The molecular formula is C13H13NO3S. The second-order valence-corrected chi connectivity index (χ2v) is 5.81. The normalized spacial score (nSPS) is 11.2. The minimum absolute atomic E-state index is 0.203. The molecule has 0 saturated heterocycles. The zero-order valence-corrected chi connectivity index (χ0v) is 10.9. The second-order valence-electron chi connectivity index (χ2n) is 3.82. The van der Waals surface area contributed by atoms with Gasteiger partial charge >= 0.3 is 0 Å². The Morgan fingerprint density at radius 3 is 2.50 bits per heavy atom. The molecule has 0 spiro atoms. The Hall–Kier alpha value is -1.88. The first-order valence-electron chi connectivity index (χ1n) is 5.32. The molecule has 2 aromatic rings. The van der Waals surface area contributed by atoms with Crippen molar-refractivity contribution in [3.63, 3.8) is 0 Å². The molecule has 0 aliphatic heterocycles. The maximum absolute atomic E-state index is 11.7. The molecule has 1 heterocycles. The van der Waals surface area contributed by atoms with Gasteiger partial charge in [0.2, 0.25) is 0 Å². The van der Waals surface area contributed by atoms with E-state index in [0.717, 1.165) is 0 Å². The fourth-order valence-corrected chi connectivity index (χ4v) is 2.57. The van der Waals surface area contributed by atoms with Crippen molar-refractivity contribution in [3.05, 3.63) is 42.6 Å². The smallest absolute Gasteiger partial charge is 0.177 e. The van der Waals surface area contributed by atoms with E-state index < -0.39 is 9.84 Å². The highest BCUT2D eigenvalue weighted by Gasteiger charge is 2.17. The van der Waals surface area contributed by atoms with Gasteiger partial charge in [0.1, 0.15) is 5.75 Å². The van der Waals surface area contributed by atoms with Crippen LogP contribution in [0.3, 0.4) is 0 Å². The van der Waals surface area contributed by atoms with Crippen molar-refractivity contribution in [3.8, 4) is 17.0 Å². The number of sulfone groups is 1. The van der Waals surface area contributed by atoms with E-state index >= 15 is 0 Å². The molecule has 0 aliphatic carbocycles. The number of para-hydroxylation sites is 1. The summed E-state index contributed by atoms with van der Waals surface area (Å²) in [6.07, 6.45) is 2.74. The Morgan fingerprint density at radius 2 is 1.83 bits per heavy atom. The third-order valence-corrected chi connectivity index (χ3v) is 3.66. The summed E-state index contributed by atoms with van der Waals surface area (Å²) in [5.41, 5.74) is 1.08. The molecule has 94 valence electrons. The maximum Gasteiger partial charge on any atom is 0.177 e. The lowest BCUT2D eigenvalue weighted by atomic mass is 10.1. The van der Waals surface area contributed by atoms with Crippen LogP contribution in [0.25, 0.3) is 11.3 Å². The van der Waals surface area contributed by atoms with Crippen molar-refractivity contribution in [2.45, 2.75) is 4.90 Å². The van der Waals surface area contributed by atoms with Crippen LogP contribution in [0.15, 0.2) is 47.5 Å². The Balaban J connectivity index is 2.72. The Bertz CT molecular complexity index is 665. The van der Waals surface area contributed by atoms with Crippen molar-refractivity contribution in [1.29, 1.82) is 0 Å². The van der Waals surface area contributed by atoms with Crippen LogP contribution in [0, 0.1) is 0 Å². The number of methoxy groups -OCH3 is 1. The zero-order chi connectivity index (χ0) is 13.2. The Morgan fingerprint density at radius 1 is 1.11 bits per heavy atom. The molecule has 0 atom stereocenters. The first-order chi connectivity index (χ1) is 8.54. The number of aromatic nitrogens is 1. The van der Waals surface area contributed by atoms with Crippen LogP contribution in [0.1, 0.15) is 0 Å². The first-order valence-corrected chi connectivity index (χ1v) is 7.21. The maximum atomic E-state index is 11.7. The predicted molar refractivity (Wildman–Crippen MR) is 69.3 cm³/mol. The average Bonchev–Trinajstić information content (AvgIpc) is 2.37. The van der Waals surface area contributed by atoms with E-state index in [9.17, 15) is 8.42 Å². The van der Waals surface area contributed by atoms with Crippen molar-refractivity contribution in [2.24, 2.45) is 0 Å². The molecule has 0 fully saturated rings. The molecular weight excluding hydrogens is 250 g/mol. The van der Waals surface area contributed by atoms with Gasteiger partial charge in [-0.3, -0.25) is 4.98 Å². The minimum atomic E-state index is -3.32. The quantitative estimate of drug-likeness (QED) is 0.851. The van der Waals surface area contributed by atoms with E-state index in [4.69, 9.17) is 4.74 Å². The molecule has 0 amide bonds. The van der Waals surface area contributed by atoms with Gasteiger partial charge in [0.25, 0.3) is 0 Å². The van der Waals surface area contributed by atoms with Crippen LogP contribution >= 0.6 is 0 Å². The van der Waals surface area contributed by atoms with Gasteiger partial charge in [-0.05, 0) is 24.3 Å². The number of nitrogens with zero attached hydrogens (tertiary/aromatic N) is 1. The van der Waals surface area contributed by atoms with Gasteiger partial charge in [-0.2, -0.15) is 0 Å². The van der Waals surface area contributed by atoms with E-state index in [1.54, 1.807) is 37.6 Å². The van der Waals surface area contributed by atoms with Crippen LogP contribution in [0.4, 0.5) is 0 Å². The summed E-state index contributed by atoms with van der Waals surface area (Å²) in [7, 11) is -1.78. The topological polar surface area (TPSA) is 56.3 Å². The summed E-state index contributed by atoms with van der Waals surface area (Å²) >= 11 is 0. The predicted octanol–water partition coefficient (Wildman–Crippen LogP) is 2.16. The van der Waals surface area contributed by atoms with Crippen molar-refractivity contribution >= 4 is 9.84 Å². The monoisotopic (exact) mass is 263 g/mol. The van der Waals surface area contributed by atoms with Crippen molar-refractivity contribution in [2.75, 3.05) is 13.4 Å². The van der Waals surface area contributed by atoms with Crippen LogP contribution in [-0.2, 0) is 9.84 Å². The second kappa shape index (κ2) is 4.78. The average molecular weight is 263 g/mol. The molecule has 5 heteroatoms. The molecule has 0 unspecified atom stereocenters. The fourth-order valence-electron chi connectivity index (χ4n) is 1.73. The number of hydrogen-bond acceptors (Lipinski definition) is 4. The lowest BCUT2D eigenvalue weighted by Crippen LogP contribution is -2.02. The number of benzene rings is 1. The molecule has 2 rings (SSSR count). The minimum Gasteiger partial charge on any atom is -0.496 e. The number of pyridine rings is 1. The van der Waals surface area contributed by atoms with E-state index in [0.29, 0.717) is 17.0 Å². The molecule has 0 bridgehead atoms. The Labute approximate surface area is 106 Å². The Kier molecular flexibility index (Phi) is 3.34. The van der Waals surface area contributed by atoms with Gasteiger partial charge in [-0.1, -0.05) is 12.1 Å². The van der Waals surface area contributed by atoms with Crippen molar-refractivity contribution in [1.82, 2.24) is 4.98 Å². The van der Waals surface area contributed by atoms with Gasteiger partial charge < -0.3 is 4.74 Å².